The molecule has 0 bridgehead atoms. The van der Waals surface area contributed by atoms with Gasteiger partial charge in [0.2, 0.25) is 0 Å². The lowest BCUT2D eigenvalue weighted by Crippen LogP contribution is -2.43. The summed E-state index contributed by atoms with van der Waals surface area (Å²) in [7, 11) is 0. The lowest BCUT2D eigenvalue weighted by Gasteiger charge is -2.29. The van der Waals surface area contributed by atoms with E-state index in [1.54, 1.807) is 6.08 Å². The van der Waals surface area contributed by atoms with Crippen molar-refractivity contribution >= 4 is 11.8 Å². The SMILES string of the molecule is OCC=Cc1cccc(N2CCNCC2)c1. The molecule has 0 aliphatic carbocycles. The minimum Gasteiger partial charge on any atom is -0.392 e. The van der Waals surface area contributed by atoms with E-state index >= 15 is 0 Å². The van der Waals surface area contributed by atoms with E-state index in [4.69, 9.17) is 5.11 Å². The largest absolute Gasteiger partial charge is 0.392 e. The van der Waals surface area contributed by atoms with E-state index in [9.17, 15) is 0 Å². The Bertz CT molecular complexity index is 357. The minimum absolute atomic E-state index is 0.0951. The third-order valence-electron chi connectivity index (χ3n) is 2.77. The summed E-state index contributed by atoms with van der Waals surface area (Å²) in [5.41, 5.74) is 2.41. The number of rotatable bonds is 3. The molecule has 1 aromatic carbocycles. The number of nitrogens with zero attached hydrogens (tertiary/aromatic N) is 1. The van der Waals surface area contributed by atoms with Crippen molar-refractivity contribution in [2.45, 2.75) is 0 Å². The highest BCUT2D eigenvalue weighted by Crippen LogP contribution is 2.17. The Morgan fingerprint density at radius 1 is 1.31 bits per heavy atom. The molecule has 86 valence electrons. The maximum absolute atomic E-state index is 8.74. The van der Waals surface area contributed by atoms with Crippen molar-refractivity contribution in [3.63, 3.8) is 0 Å². The molecule has 2 N–H and O–H groups in total. The first-order chi connectivity index (χ1) is 7.90. The van der Waals surface area contributed by atoms with Gasteiger partial charge in [-0.05, 0) is 17.7 Å². The first-order valence-corrected chi connectivity index (χ1v) is 5.73. The number of anilines is 1. The summed E-state index contributed by atoms with van der Waals surface area (Å²) in [6, 6.07) is 8.42. The van der Waals surface area contributed by atoms with Gasteiger partial charge in [-0.3, -0.25) is 0 Å². The zero-order chi connectivity index (χ0) is 11.2. The summed E-state index contributed by atoms with van der Waals surface area (Å²) in [6.45, 7) is 4.33. The fraction of sp³-hybridized carbons (Fsp3) is 0.385. The highest BCUT2D eigenvalue weighted by Gasteiger charge is 2.09. The van der Waals surface area contributed by atoms with Crippen molar-refractivity contribution in [1.29, 1.82) is 0 Å². The molecule has 1 aromatic rings. The summed E-state index contributed by atoms with van der Waals surface area (Å²) in [6.07, 6.45) is 3.71. The molecule has 0 spiro atoms. The molecule has 3 nitrogen and oxygen atoms in total. The number of piperazine rings is 1. The van der Waals surface area contributed by atoms with Gasteiger partial charge >= 0.3 is 0 Å². The molecule has 0 amide bonds. The van der Waals surface area contributed by atoms with E-state index < -0.39 is 0 Å². The average molecular weight is 218 g/mol. The Morgan fingerprint density at radius 3 is 2.88 bits per heavy atom. The zero-order valence-electron chi connectivity index (χ0n) is 9.39. The van der Waals surface area contributed by atoms with Crippen LogP contribution in [0, 0.1) is 0 Å². The quantitative estimate of drug-likeness (QED) is 0.797. The first kappa shape index (κ1) is 11.2. The van der Waals surface area contributed by atoms with E-state index in [0.29, 0.717) is 0 Å². The van der Waals surface area contributed by atoms with Crippen LogP contribution in [-0.4, -0.2) is 37.9 Å². The van der Waals surface area contributed by atoms with Crippen molar-refractivity contribution in [2.75, 3.05) is 37.7 Å². The number of nitrogens with one attached hydrogen (secondary N) is 1. The van der Waals surface area contributed by atoms with Gasteiger partial charge in [0.05, 0.1) is 6.61 Å². The number of benzene rings is 1. The number of aliphatic hydroxyl groups excluding tert-OH is 1. The third kappa shape index (κ3) is 2.84. The molecule has 0 radical (unpaired) electrons. The maximum atomic E-state index is 8.74. The van der Waals surface area contributed by atoms with Gasteiger partial charge in [-0.1, -0.05) is 24.3 Å². The Morgan fingerprint density at radius 2 is 2.12 bits per heavy atom. The van der Waals surface area contributed by atoms with Crippen molar-refractivity contribution < 1.29 is 5.11 Å². The molecule has 1 aliphatic rings. The van der Waals surface area contributed by atoms with Crippen LogP contribution in [0.2, 0.25) is 0 Å². The molecule has 0 atom stereocenters. The molecule has 0 aromatic heterocycles. The highest BCUT2D eigenvalue weighted by atomic mass is 16.2. The smallest absolute Gasteiger partial charge is 0.0615 e. The van der Waals surface area contributed by atoms with Gasteiger partial charge in [0.1, 0.15) is 0 Å². The van der Waals surface area contributed by atoms with Crippen LogP contribution in [0.3, 0.4) is 0 Å². The normalized spacial score (nSPS) is 16.9. The molecule has 0 unspecified atom stereocenters. The summed E-state index contributed by atoms with van der Waals surface area (Å²) >= 11 is 0. The van der Waals surface area contributed by atoms with E-state index in [0.717, 1.165) is 31.7 Å². The topological polar surface area (TPSA) is 35.5 Å². The van der Waals surface area contributed by atoms with Crippen molar-refractivity contribution in [2.24, 2.45) is 0 Å². The molecule has 1 fully saturated rings. The molecule has 1 saturated heterocycles. The average Bonchev–Trinajstić information content (AvgIpc) is 2.38. The van der Waals surface area contributed by atoms with Gasteiger partial charge in [0, 0.05) is 31.9 Å². The van der Waals surface area contributed by atoms with Crippen LogP contribution in [0.5, 0.6) is 0 Å². The highest BCUT2D eigenvalue weighted by molar-refractivity contribution is 5.58. The van der Waals surface area contributed by atoms with Crippen LogP contribution in [0.4, 0.5) is 5.69 Å². The summed E-state index contributed by atoms with van der Waals surface area (Å²) < 4.78 is 0. The van der Waals surface area contributed by atoms with Crippen molar-refractivity contribution in [3.8, 4) is 0 Å². The zero-order valence-corrected chi connectivity index (χ0v) is 9.39. The van der Waals surface area contributed by atoms with Crippen LogP contribution >= 0.6 is 0 Å². The van der Waals surface area contributed by atoms with Crippen LogP contribution in [0.25, 0.3) is 6.08 Å². The lowest BCUT2D eigenvalue weighted by molar-refractivity contribution is 0.343. The molecule has 3 heteroatoms. The third-order valence-corrected chi connectivity index (χ3v) is 2.77. The van der Waals surface area contributed by atoms with Gasteiger partial charge in [0.25, 0.3) is 0 Å². The Kier molecular flexibility index (Phi) is 3.97. The van der Waals surface area contributed by atoms with Crippen LogP contribution in [0.1, 0.15) is 5.56 Å². The fourth-order valence-electron chi connectivity index (χ4n) is 1.94. The van der Waals surface area contributed by atoms with Crippen LogP contribution in [-0.2, 0) is 0 Å². The molecule has 16 heavy (non-hydrogen) atoms. The van der Waals surface area contributed by atoms with Gasteiger partial charge in [0.15, 0.2) is 0 Å². The van der Waals surface area contributed by atoms with Gasteiger partial charge in [-0.15, -0.1) is 0 Å². The molecular weight excluding hydrogens is 200 g/mol. The number of hydrogen-bond acceptors (Lipinski definition) is 3. The minimum atomic E-state index is 0.0951. The second-order valence-corrected chi connectivity index (χ2v) is 3.92. The van der Waals surface area contributed by atoms with E-state index in [2.05, 4.69) is 34.5 Å². The van der Waals surface area contributed by atoms with E-state index in [1.165, 1.54) is 5.69 Å². The predicted octanol–water partition coefficient (Wildman–Crippen LogP) is 1.10. The monoisotopic (exact) mass is 218 g/mol. The number of hydrogen-bond donors (Lipinski definition) is 2. The van der Waals surface area contributed by atoms with Gasteiger partial charge in [-0.2, -0.15) is 0 Å². The standard InChI is InChI=1S/C13H18N2O/c16-10-2-4-12-3-1-5-13(11-12)15-8-6-14-7-9-15/h1-5,11,14,16H,6-10H2. The number of aliphatic hydroxyl groups is 1. The Balaban J connectivity index is 2.11. The van der Waals surface area contributed by atoms with Crippen molar-refractivity contribution in [3.05, 3.63) is 35.9 Å². The van der Waals surface area contributed by atoms with Crippen molar-refractivity contribution in [1.82, 2.24) is 5.32 Å². The second kappa shape index (κ2) is 5.68. The molecule has 2 rings (SSSR count). The Labute approximate surface area is 96.4 Å². The fourth-order valence-corrected chi connectivity index (χ4v) is 1.94. The predicted molar refractivity (Wildman–Crippen MR) is 67.6 cm³/mol. The molecule has 1 aliphatic heterocycles. The van der Waals surface area contributed by atoms with Crippen LogP contribution in [0.15, 0.2) is 30.3 Å². The lowest BCUT2D eigenvalue weighted by atomic mass is 10.1. The summed E-state index contributed by atoms with van der Waals surface area (Å²) in [5, 5.41) is 12.1. The summed E-state index contributed by atoms with van der Waals surface area (Å²) in [4.78, 5) is 2.38. The molecule has 1 heterocycles. The summed E-state index contributed by atoms with van der Waals surface area (Å²) in [5.74, 6) is 0. The molecular formula is C13H18N2O. The maximum Gasteiger partial charge on any atom is 0.0615 e. The van der Waals surface area contributed by atoms with E-state index in [-0.39, 0.29) is 6.61 Å². The van der Waals surface area contributed by atoms with Gasteiger partial charge in [-0.25, -0.2) is 0 Å². The second-order valence-electron chi connectivity index (χ2n) is 3.92. The molecule has 0 saturated carbocycles. The van der Waals surface area contributed by atoms with Gasteiger partial charge < -0.3 is 15.3 Å². The van der Waals surface area contributed by atoms with E-state index in [1.807, 2.05) is 6.08 Å². The Hall–Kier alpha value is -1.32. The van der Waals surface area contributed by atoms with Crippen LogP contribution < -0.4 is 10.2 Å². The first-order valence-electron chi connectivity index (χ1n) is 5.73.